The van der Waals surface area contributed by atoms with E-state index in [1.54, 1.807) is 7.11 Å². The van der Waals surface area contributed by atoms with Gasteiger partial charge in [-0.3, -0.25) is 11.3 Å². The van der Waals surface area contributed by atoms with E-state index in [2.05, 4.69) is 21.9 Å². The van der Waals surface area contributed by atoms with Crippen LogP contribution >= 0.6 is 0 Å². The highest BCUT2D eigenvalue weighted by molar-refractivity contribution is 4.95. The van der Waals surface area contributed by atoms with Gasteiger partial charge in [0.2, 0.25) is 0 Å². The molecule has 0 aromatic carbocycles. The van der Waals surface area contributed by atoms with Crippen molar-refractivity contribution in [3.63, 3.8) is 0 Å². The molecule has 3 N–H and O–H groups in total. The maximum Gasteiger partial charge on any atom is 0.110 e. The van der Waals surface area contributed by atoms with Crippen molar-refractivity contribution in [3.05, 3.63) is 18.2 Å². The van der Waals surface area contributed by atoms with Crippen LogP contribution in [0.25, 0.3) is 0 Å². The average Bonchev–Trinajstić information content (AvgIpc) is 2.72. The van der Waals surface area contributed by atoms with Crippen molar-refractivity contribution in [2.45, 2.75) is 38.8 Å². The molecule has 1 rings (SSSR count). The van der Waals surface area contributed by atoms with E-state index >= 15 is 0 Å². The molecule has 0 fully saturated rings. The number of hydrogen-bond donors (Lipinski definition) is 2. The number of nitrogens with two attached hydrogens (primary N) is 1. The Balaban J connectivity index is 2.51. The highest BCUT2D eigenvalue weighted by Crippen LogP contribution is 2.05. The summed E-state index contributed by atoms with van der Waals surface area (Å²) < 4.78 is 7.23. The second-order valence-corrected chi connectivity index (χ2v) is 3.89. The molecule has 0 radical (unpaired) electrons. The standard InChI is InChI=1S/C11H22N4O/c1-3-6-15-7-5-13-11(15)9-10(14-12)4-8-16-2/h5,7,10,14H,3-4,6,8-9,12H2,1-2H3. The lowest BCUT2D eigenvalue weighted by molar-refractivity contribution is 0.182. The lowest BCUT2D eigenvalue weighted by Gasteiger charge is -2.15. The summed E-state index contributed by atoms with van der Waals surface area (Å²) in [6, 6.07) is 0.220. The number of rotatable bonds is 8. The van der Waals surface area contributed by atoms with Crippen molar-refractivity contribution in [2.75, 3.05) is 13.7 Å². The number of nitrogens with one attached hydrogen (secondary N) is 1. The van der Waals surface area contributed by atoms with Crippen LogP contribution in [0.3, 0.4) is 0 Å². The number of hydrazine groups is 1. The van der Waals surface area contributed by atoms with Crippen molar-refractivity contribution < 1.29 is 4.74 Å². The van der Waals surface area contributed by atoms with Gasteiger partial charge in [0.25, 0.3) is 0 Å². The topological polar surface area (TPSA) is 65.1 Å². The monoisotopic (exact) mass is 226 g/mol. The van der Waals surface area contributed by atoms with Gasteiger partial charge in [0, 0.05) is 45.1 Å². The van der Waals surface area contributed by atoms with Gasteiger partial charge in [0.1, 0.15) is 5.82 Å². The molecule has 0 saturated carbocycles. The summed E-state index contributed by atoms with van der Waals surface area (Å²) in [7, 11) is 1.70. The molecule has 0 saturated heterocycles. The van der Waals surface area contributed by atoms with Crippen LogP contribution in [0.2, 0.25) is 0 Å². The van der Waals surface area contributed by atoms with E-state index in [0.717, 1.165) is 31.6 Å². The third-order valence-electron chi connectivity index (χ3n) is 2.60. The summed E-state index contributed by atoms with van der Waals surface area (Å²) in [5.74, 6) is 6.60. The first-order valence-electron chi connectivity index (χ1n) is 5.76. The molecule has 0 spiro atoms. The average molecular weight is 226 g/mol. The Hall–Kier alpha value is -0.910. The van der Waals surface area contributed by atoms with Gasteiger partial charge in [-0.05, 0) is 12.8 Å². The van der Waals surface area contributed by atoms with E-state index in [-0.39, 0.29) is 6.04 Å². The number of hydrogen-bond acceptors (Lipinski definition) is 4. The molecule has 0 amide bonds. The Morgan fingerprint density at radius 3 is 3.06 bits per heavy atom. The molecule has 0 aliphatic carbocycles. The van der Waals surface area contributed by atoms with E-state index in [4.69, 9.17) is 10.6 Å². The summed E-state index contributed by atoms with van der Waals surface area (Å²) in [6.07, 6.45) is 6.71. The normalized spacial score (nSPS) is 12.9. The molecule has 0 aliphatic heterocycles. The molecule has 1 heterocycles. The zero-order valence-corrected chi connectivity index (χ0v) is 10.1. The van der Waals surface area contributed by atoms with Gasteiger partial charge in [-0.25, -0.2) is 4.98 Å². The zero-order valence-electron chi connectivity index (χ0n) is 10.1. The second-order valence-electron chi connectivity index (χ2n) is 3.89. The van der Waals surface area contributed by atoms with Gasteiger partial charge in [-0.2, -0.15) is 0 Å². The van der Waals surface area contributed by atoms with Crippen molar-refractivity contribution in [1.29, 1.82) is 0 Å². The summed E-state index contributed by atoms with van der Waals surface area (Å²) in [5.41, 5.74) is 2.81. The Labute approximate surface area is 97.0 Å². The Kier molecular flexibility index (Phi) is 6.07. The van der Waals surface area contributed by atoms with Crippen LogP contribution in [0.4, 0.5) is 0 Å². The van der Waals surface area contributed by atoms with Crippen LogP contribution < -0.4 is 11.3 Å². The lowest BCUT2D eigenvalue weighted by Crippen LogP contribution is -2.38. The first-order valence-corrected chi connectivity index (χ1v) is 5.76. The van der Waals surface area contributed by atoms with Crippen LogP contribution in [0, 0.1) is 0 Å². The van der Waals surface area contributed by atoms with Crippen molar-refractivity contribution >= 4 is 0 Å². The van der Waals surface area contributed by atoms with Gasteiger partial charge in [-0.1, -0.05) is 6.92 Å². The highest BCUT2D eigenvalue weighted by atomic mass is 16.5. The van der Waals surface area contributed by atoms with E-state index in [1.165, 1.54) is 0 Å². The number of aryl methyl sites for hydroxylation is 1. The van der Waals surface area contributed by atoms with Gasteiger partial charge < -0.3 is 9.30 Å². The van der Waals surface area contributed by atoms with Crippen LogP contribution in [-0.4, -0.2) is 29.3 Å². The molecule has 0 bridgehead atoms. The Bertz CT molecular complexity index is 287. The van der Waals surface area contributed by atoms with E-state index in [9.17, 15) is 0 Å². The van der Waals surface area contributed by atoms with E-state index in [1.807, 2.05) is 12.4 Å². The number of nitrogens with zero attached hydrogens (tertiary/aromatic N) is 2. The molecule has 1 aromatic heterocycles. The lowest BCUT2D eigenvalue weighted by atomic mass is 10.1. The molecule has 16 heavy (non-hydrogen) atoms. The fourth-order valence-corrected chi connectivity index (χ4v) is 1.70. The molecular weight excluding hydrogens is 204 g/mol. The predicted octanol–water partition coefficient (Wildman–Crippen LogP) is 0.704. The van der Waals surface area contributed by atoms with Crippen LogP contribution in [0.15, 0.2) is 12.4 Å². The minimum Gasteiger partial charge on any atom is -0.385 e. The smallest absolute Gasteiger partial charge is 0.110 e. The second kappa shape index (κ2) is 7.38. The number of imidazole rings is 1. The SMILES string of the molecule is CCCn1ccnc1CC(CCOC)NN. The summed E-state index contributed by atoms with van der Waals surface area (Å²) >= 11 is 0. The Morgan fingerprint density at radius 2 is 2.44 bits per heavy atom. The summed E-state index contributed by atoms with van der Waals surface area (Å²) in [4.78, 5) is 4.36. The first kappa shape index (κ1) is 13.2. The van der Waals surface area contributed by atoms with E-state index in [0.29, 0.717) is 6.61 Å². The highest BCUT2D eigenvalue weighted by Gasteiger charge is 2.11. The molecule has 1 aromatic rings. The van der Waals surface area contributed by atoms with E-state index < -0.39 is 0 Å². The molecule has 92 valence electrons. The maximum absolute atomic E-state index is 5.51. The third kappa shape index (κ3) is 3.92. The molecule has 5 heteroatoms. The molecular formula is C11H22N4O. The fraction of sp³-hybridized carbons (Fsp3) is 0.727. The third-order valence-corrected chi connectivity index (χ3v) is 2.60. The molecule has 1 unspecified atom stereocenters. The number of methoxy groups -OCH3 is 1. The minimum absolute atomic E-state index is 0.220. The van der Waals surface area contributed by atoms with Gasteiger partial charge >= 0.3 is 0 Å². The maximum atomic E-state index is 5.51. The largest absolute Gasteiger partial charge is 0.385 e. The molecule has 5 nitrogen and oxygen atoms in total. The van der Waals surface area contributed by atoms with Crippen molar-refractivity contribution in [2.24, 2.45) is 5.84 Å². The molecule has 1 atom stereocenters. The van der Waals surface area contributed by atoms with Gasteiger partial charge in [0.05, 0.1) is 0 Å². The van der Waals surface area contributed by atoms with Gasteiger partial charge in [0.15, 0.2) is 0 Å². The van der Waals surface area contributed by atoms with Crippen molar-refractivity contribution in [3.8, 4) is 0 Å². The predicted molar refractivity (Wildman–Crippen MR) is 63.8 cm³/mol. The Morgan fingerprint density at radius 1 is 1.62 bits per heavy atom. The number of aromatic nitrogens is 2. The number of ether oxygens (including phenoxy) is 1. The zero-order chi connectivity index (χ0) is 11.8. The van der Waals surface area contributed by atoms with Crippen LogP contribution in [-0.2, 0) is 17.7 Å². The van der Waals surface area contributed by atoms with Gasteiger partial charge in [-0.15, -0.1) is 0 Å². The summed E-state index contributed by atoms with van der Waals surface area (Å²) in [6.45, 7) is 3.88. The fourth-order valence-electron chi connectivity index (χ4n) is 1.70. The van der Waals surface area contributed by atoms with Crippen LogP contribution in [0.5, 0.6) is 0 Å². The quantitative estimate of drug-likeness (QED) is 0.506. The van der Waals surface area contributed by atoms with Crippen molar-refractivity contribution in [1.82, 2.24) is 15.0 Å². The minimum atomic E-state index is 0.220. The first-order chi connectivity index (χ1) is 7.81. The molecule has 0 aliphatic rings. The summed E-state index contributed by atoms with van der Waals surface area (Å²) in [5, 5.41) is 0. The van der Waals surface area contributed by atoms with Crippen LogP contribution in [0.1, 0.15) is 25.6 Å².